The highest BCUT2D eigenvalue weighted by Crippen LogP contribution is 2.66. The number of cyclic esters (lactones) is 1. The number of nitrogens with one attached hydrogen (secondary N) is 2. The van der Waals surface area contributed by atoms with Gasteiger partial charge in [-0.2, -0.15) is 0 Å². The number of phenolic OH excluding ortho intramolecular Hbond substituents is 1. The molecular formula is C57H51N7O9. The van der Waals surface area contributed by atoms with Crippen LogP contribution in [0.5, 0.6) is 5.75 Å². The zero-order valence-corrected chi connectivity index (χ0v) is 40.0. The molecule has 16 heteroatoms. The fourth-order valence-corrected chi connectivity index (χ4v) is 10.8. The molecule has 4 amide bonds. The number of hydrogen-bond donors (Lipinski definition) is 4. The lowest BCUT2D eigenvalue weighted by atomic mass is 9.65. The fraction of sp³-hybridized carbons (Fsp3) is 0.246. The van der Waals surface area contributed by atoms with Crippen LogP contribution < -0.4 is 15.5 Å². The number of benzene rings is 6. The lowest BCUT2D eigenvalue weighted by Crippen LogP contribution is -2.58. The topological polar surface area (TPSA) is 206 Å². The molecule has 4 N–H and O–H groups in total. The van der Waals surface area contributed by atoms with Gasteiger partial charge < -0.3 is 30.3 Å². The van der Waals surface area contributed by atoms with E-state index in [2.05, 4.69) is 32.8 Å². The molecule has 4 heterocycles. The van der Waals surface area contributed by atoms with Crippen molar-refractivity contribution in [1.29, 1.82) is 0 Å². The average molecular weight is 978 g/mol. The van der Waals surface area contributed by atoms with Gasteiger partial charge in [0.15, 0.2) is 0 Å². The van der Waals surface area contributed by atoms with E-state index in [0.717, 1.165) is 10.4 Å². The maximum atomic E-state index is 16.6. The summed E-state index contributed by atoms with van der Waals surface area (Å²) in [6.07, 6.45) is -2.19. The van der Waals surface area contributed by atoms with Crippen LogP contribution in [0.1, 0.15) is 71.5 Å². The quantitative estimate of drug-likeness (QED) is 0.0799. The van der Waals surface area contributed by atoms with Crippen LogP contribution in [0.3, 0.4) is 0 Å². The molecule has 16 nitrogen and oxygen atoms in total. The SMILES string of the molecule is COC(=O)[C@@H](NC(=O)N1C(=O)[C@@]2(c3cc(C#CCn4nnc5ccccc54)ccc31)[C@H](c1ccc(O)cc1)N1[C@H](c3ccccc3)[C@H](c3ccccc3)OC(=O)[C@H]1[C@@H]2C(=O)NC[C@H](O)c1ccccc1)C(C)C. The van der Waals surface area contributed by atoms with Crippen molar-refractivity contribution in [3.8, 4) is 17.6 Å². The minimum absolute atomic E-state index is 0.0673. The van der Waals surface area contributed by atoms with Gasteiger partial charge in [-0.1, -0.05) is 146 Å². The third kappa shape index (κ3) is 8.51. The second-order valence-electron chi connectivity index (χ2n) is 18.6. The van der Waals surface area contributed by atoms with Gasteiger partial charge >= 0.3 is 18.0 Å². The molecule has 6 aromatic carbocycles. The van der Waals surface area contributed by atoms with Gasteiger partial charge in [-0.05, 0) is 76.2 Å². The molecule has 0 aliphatic carbocycles. The Morgan fingerprint density at radius 1 is 0.808 bits per heavy atom. The fourth-order valence-electron chi connectivity index (χ4n) is 10.8. The number of fused-ring (bicyclic) bond motifs is 4. The van der Waals surface area contributed by atoms with Crippen LogP contribution in [-0.4, -0.2) is 85.6 Å². The normalized spacial score (nSPS) is 21.9. The summed E-state index contributed by atoms with van der Waals surface area (Å²) < 4.78 is 13.3. The van der Waals surface area contributed by atoms with Gasteiger partial charge in [0.2, 0.25) is 11.8 Å². The standard InChI is InChI=1S/C57H51N7O9/c1-34(2)47(53(68)72-3)59-56(71)63-43-30-25-35(16-15-31-62-44-24-14-13-23-42(44)60-61-62)32-41(43)57(55(63)70)46(52(67)58-33-45(66)36-17-7-4-8-18-36)49-54(69)73-50(38-21-11-6-12-22-38)48(37-19-9-5-10-20-37)64(49)51(57)39-26-28-40(65)29-27-39/h4-14,17-30,32,34,45-51,65-66H,31,33H2,1-3H3,(H,58,67)(H,59,71)/t45-,46+,47-,48+,49+,50-,51-,57+/m0/s1. The number of carbonyl (C=O) groups is 5. The summed E-state index contributed by atoms with van der Waals surface area (Å²) in [5, 5.41) is 36.5. The van der Waals surface area contributed by atoms with Crippen molar-refractivity contribution in [2.45, 2.75) is 62.2 Å². The zero-order chi connectivity index (χ0) is 51.0. The number of urea groups is 1. The van der Waals surface area contributed by atoms with E-state index >= 15 is 19.2 Å². The van der Waals surface area contributed by atoms with Gasteiger partial charge in [0.05, 0.1) is 42.4 Å². The monoisotopic (exact) mass is 977 g/mol. The largest absolute Gasteiger partial charge is 0.508 e. The van der Waals surface area contributed by atoms with Crippen molar-refractivity contribution < 1.29 is 43.7 Å². The molecule has 2 fully saturated rings. The van der Waals surface area contributed by atoms with Crippen LogP contribution >= 0.6 is 0 Å². The van der Waals surface area contributed by atoms with Crippen molar-refractivity contribution in [3.05, 3.63) is 191 Å². The van der Waals surface area contributed by atoms with Gasteiger partial charge in [0, 0.05) is 12.1 Å². The summed E-state index contributed by atoms with van der Waals surface area (Å²) in [6, 6.07) is 39.9. The number of imide groups is 1. The number of para-hydroxylation sites is 1. The second kappa shape index (κ2) is 19.9. The molecule has 10 rings (SSSR count). The third-order valence-electron chi connectivity index (χ3n) is 14.1. The molecule has 7 aromatic rings. The number of nitrogens with zero attached hydrogens (tertiary/aromatic N) is 5. The van der Waals surface area contributed by atoms with Crippen molar-refractivity contribution in [2.24, 2.45) is 11.8 Å². The van der Waals surface area contributed by atoms with Gasteiger partial charge in [0.25, 0.3) is 0 Å². The Morgan fingerprint density at radius 2 is 1.47 bits per heavy atom. The highest BCUT2D eigenvalue weighted by Gasteiger charge is 2.75. The van der Waals surface area contributed by atoms with E-state index in [4.69, 9.17) is 9.47 Å². The Bertz CT molecular complexity index is 3290. The Labute approximate surface area is 420 Å². The molecule has 2 saturated heterocycles. The lowest BCUT2D eigenvalue weighted by molar-refractivity contribution is -0.178. The van der Waals surface area contributed by atoms with Crippen LogP contribution in [0.4, 0.5) is 10.5 Å². The van der Waals surface area contributed by atoms with Gasteiger partial charge in [-0.25, -0.2) is 19.2 Å². The number of methoxy groups -OCH3 is 1. The van der Waals surface area contributed by atoms with E-state index in [9.17, 15) is 15.0 Å². The minimum atomic E-state index is -2.19. The molecule has 0 saturated carbocycles. The Morgan fingerprint density at radius 3 is 2.15 bits per heavy atom. The number of carbonyl (C=O) groups excluding carboxylic acids is 5. The molecule has 3 aliphatic rings. The Kier molecular flexibility index (Phi) is 13.1. The number of phenols is 1. The average Bonchev–Trinajstić information content (AvgIpc) is 4.06. The molecule has 0 unspecified atom stereocenters. The van der Waals surface area contributed by atoms with E-state index in [-0.39, 0.29) is 30.1 Å². The van der Waals surface area contributed by atoms with E-state index < -0.39 is 83.4 Å². The number of esters is 2. The second-order valence-corrected chi connectivity index (χ2v) is 18.6. The number of amides is 4. The molecule has 0 radical (unpaired) electrons. The summed E-state index contributed by atoms with van der Waals surface area (Å²) >= 11 is 0. The molecule has 1 spiro atoms. The summed E-state index contributed by atoms with van der Waals surface area (Å²) in [4.78, 5) is 79.0. The molecule has 8 atom stereocenters. The number of rotatable bonds is 11. The first-order chi connectivity index (χ1) is 35.4. The van der Waals surface area contributed by atoms with E-state index in [1.54, 1.807) is 79.2 Å². The van der Waals surface area contributed by atoms with Crippen molar-refractivity contribution in [2.75, 3.05) is 18.6 Å². The maximum absolute atomic E-state index is 16.6. The summed E-state index contributed by atoms with van der Waals surface area (Å²) in [6.45, 7) is 3.24. The van der Waals surface area contributed by atoms with E-state index in [0.29, 0.717) is 33.3 Å². The van der Waals surface area contributed by atoms with Crippen LogP contribution in [0, 0.1) is 23.7 Å². The summed E-state index contributed by atoms with van der Waals surface area (Å²) in [5.41, 5.74) is 2.15. The van der Waals surface area contributed by atoms with Crippen LogP contribution in [-0.2, 0) is 40.6 Å². The van der Waals surface area contributed by atoms with Gasteiger partial charge in [-0.3, -0.25) is 19.3 Å². The first-order valence-electron chi connectivity index (χ1n) is 23.9. The number of ether oxygens (including phenoxy) is 2. The molecule has 1 aromatic heterocycles. The highest BCUT2D eigenvalue weighted by molar-refractivity contribution is 6.25. The van der Waals surface area contributed by atoms with Crippen molar-refractivity contribution in [1.82, 2.24) is 30.5 Å². The highest BCUT2D eigenvalue weighted by atomic mass is 16.6. The Hall–Kier alpha value is -8.65. The lowest BCUT2D eigenvalue weighted by Gasteiger charge is -2.46. The van der Waals surface area contributed by atoms with Gasteiger partial charge in [-0.15, -0.1) is 5.10 Å². The molecule has 0 bridgehead atoms. The van der Waals surface area contributed by atoms with Gasteiger partial charge in [0.1, 0.15) is 41.4 Å². The molecule has 73 heavy (non-hydrogen) atoms. The molecular weight excluding hydrogens is 927 g/mol. The van der Waals surface area contributed by atoms with E-state index in [1.807, 2.05) is 89.8 Å². The number of hydrogen-bond acceptors (Lipinski definition) is 12. The Balaban J connectivity index is 1.23. The predicted octanol–water partition coefficient (Wildman–Crippen LogP) is 6.61. The summed E-state index contributed by atoms with van der Waals surface area (Å²) in [5.74, 6) is 0.882. The van der Waals surface area contributed by atoms with E-state index in [1.165, 1.54) is 19.2 Å². The number of anilines is 1. The van der Waals surface area contributed by atoms with Crippen LogP contribution in [0.15, 0.2) is 158 Å². The van der Waals surface area contributed by atoms with Crippen molar-refractivity contribution >= 4 is 46.5 Å². The first kappa shape index (κ1) is 48.0. The van der Waals surface area contributed by atoms with Crippen molar-refractivity contribution in [3.63, 3.8) is 0 Å². The molecule has 368 valence electrons. The summed E-state index contributed by atoms with van der Waals surface area (Å²) in [7, 11) is 1.20. The van der Waals surface area contributed by atoms with Crippen LogP contribution in [0.2, 0.25) is 0 Å². The third-order valence-corrected chi connectivity index (χ3v) is 14.1. The maximum Gasteiger partial charge on any atom is 0.329 e. The number of aliphatic hydroxyl groups is 1. The number of aromatic hydroxyl groups is 1. The number of aliphatic hydroxyl groups excluding tert-OH is 1. The smallest absolute Gasteiger partial charge is 0.329 e. The predicted molar refractivity (Wildman–Crippen MR) is 268 cm³/mol. The zero-order valence-electron chi connectivity index (χ0n) is 40.0. The molecule has 3 aliphatic heterocycles. The van der Waals surface area contributed by atoms with Crippen LogP contribution in [0.25, 0.3) is 11.0 Å². The first-order valence-corrected chi connectivity index (χ1v) is 23.9. The number of aromatic nitrogens is 3. The minimum Gasteiger partial charge on any atom is -0.508 e. The number of morpholine rings is 1.